The highest BCUT2D eigenvalue weighted by Crippen LogP contribution is 2.32. The predicted molar refractivity (Wildman–Crippen MR) is 120 cm³/mol. The van der Waals surface area contributed by atoms with Gasteiger partial charge in [0.2, 0.25) is 5.89 Å². The first kappa shape index (κ1) is 19.1. The van der Waals surface area contributed by atoms with Gasteiger partial charge in [-0.25, -0.2) is 14.5 Å². The topological polar surface area (TPSA) is 85.4 Å². The van der Waals surface area contributed by atoms with E-state index in [9.17, 15) is 4.79 Å². The number of hydrogen-bond acceptors (Lipinski definition) is 5. The number of aromatic amines is 1. The minimum absolute atomic E-state index is 0.236. The van der Waals surface area contributed by atoms with Crippen LogP contribution in [0.1, 0.15) is 23.9 Å². The molecule has 5 aromatic rings. The molecule has 0 saturated heterocycles. The molecule has 0 aliphatic rings. The molecule has 0 aliphatic carbocycles. The smallest absolute Gasteiger partial charge is 0.285 e. The number of nitrogens with zero attached hydrogens (tertiary/aromatic N) is 3. The number of aromatic nitrogens is 4. The van der Waals surface area contributed by atoms with E-state index < -0.39 is 0 Å². The molecule has 0 unspecified atom stereocenters. The monoisotopic (exact) mass is 414 g/mol. The van der Waals surface area contributed by atoms with Gasteiger partial charge in [-0.15, -0.1) is 0 Å². The molecule has 3 heterocycles. The van der Waals surface area contributed by atoms with Gasteiger partial charge in [0, 0.05) is 11.3 Å². The fraction of sp³-hybridized carbons (Fsp3) is 0.208. The molecule has 1 N–H and O–H groups in total. The van der Waals surface area contributed by atoms with Crippen molar-refractivity contribution in [2.75, 3.05) is 7.11 Å². The first-order chi connectivity index (χ1) is 15.0. The van der Waals surface area contributed by atoms with E-state index in [0.29, 0.717) is 33.8 Å². The molecule has 0 bridgehead atoms. The maximum Gasteiger partial charge on any atom is 0.285 e. The van der Waals surface area contributed by atoms with Crippen molar-refractivity contribution in [2.45, 2.75) is 27.2 Å². The predicted octanol–water partition coefficient (Wildman–Crippen LogP) is 4.69. The van der Waals surface area contributed by atoms with Crippen LogP contribution in [0.5, 0.6) is 5.75 Å². The van der Waals surface area contributed by atoms with E-state index in [1.807, 2.05) is 49.4 Å². The molecule has 0 radical (unpaired) electrons. The molecule has 0 atom stereocenters. The van der Waals surface area contributed by atoms with Crippen molar-refractivity contribution in [1.29, 1.82) is 0 Å². The Morgan fingerprint density at radius 2 is 1.87 bits per heavy atom. The molecular formula is C24H22N4O3. The van der Waals surface area contributed by atoms with Gasteiger partial charge in [0.05, 0.1) is 12.8 Å². The minimum Gasteiger partial charge on any atom is -0.494 e. The van der Waals surface area contributed by atoms with Crippen LogP contribution in [0.15, 0.2) is 51.7 Å². The standard InChI is InChI=1S/C24H22N4O3/c1-5-15-11-17(30-4)21-18(12-15)31-23(26-21)20-13(2)25-22-19(16-9-7-6-8-10-16)14(3)27-28(22)24(20)29/h6-12,27H,5H2,1-4H3. The third kappa shape index (κ3) is 2.92. The number of rotatable bonds is 4. The van der Waals surface area contributed by atoms with Crippen LogP contribution in [0.25, 0.3) is 39.3 Å². The summed E-state index contributed by atoms with van der Waals surface area (Å²) in [5.41, 5.74) is 6.22. The number of oxazole rings is 1. The zero-order valence-corrected chi connectivity index (χ0v) is 17.8. The second-order valence-corrected chi connectivity index (χ2v) is 7.53. The molecular weight excluding hydrogens is 392 g/mol. The number of methoxy groups -OCH3 is 1. The zero-order valence-electron chi connectivity index (χ0n) is 17.8. The van der Waals surface area contributed by atoms with Crippen molar-refractivity contribution in [2.24, 2.45) is 0 Å². The molecule has 0 fully saturated rings. The van der Waals surface area contributed by atoms with Crippen molar-refractivity contribution in [3.05, 3.63) is 69.8 Å². The summed E-state index contributed by atoms with van der Waals surface area (Å²) in [4.78, 5) is 22.8. The molecule has 31 heavy (non-hydrogen) atoms. The Labute approximate surface area is 178 Å². The molecule has 0 amide bonds. The fourth-order valence-electron chi connectivity index (χ4n) is 4.01. The summed E-state index contributed by atoms with van der Waals surface area (Å²) >= 11 is 0. The second-order valence-electron chi connectivity index (χ2n) is 7.53. The number of H-pyrrole nitrogens is 1. The van der Waals surface area contributed by atoms with Gasteiger partial charge in [-0.3, -0.25) is 9.89 Å². The molecule has 2 aromatic carbocycles. The summed E-state index contributed by atoms with van der Waals surface area (Å²) in [5, 5.41) is 3.15. The van der Waals surface area contributed by atoms with E-state index >= 15 is 0 Å². The Morgan fingerprint density at radius 1 is 1.10 bits per heavy atom. The minimum atomic E-state index is -0.256. The zero-order chi connectivity index (χ0) is 21.7. The lowest BCUT2D eigenvalue weighted by Crippen LogP contribution is -2.19. The highest BCUT2D eigenvalue weighted by Gasteiger charge is 2.23. The number of nitrogens with one attached hydrogen (secondary N) is 1. The Morgan fingerprint density at radius 3 is 2.58 bits per heavy atom. The molecule has 156 valence electrons. The summed E-state index contributed by atoms with van der Waals surface area (Å²) in [6, 6.07) is 13.8. The van der Waals surface area contributed by atoms with Crippen molar-refractivity contribution in [1.82, 2.24) is 19.6 Å². The Balaban J connectivity index is 1.76. The number of fused-ring (bicyclic) bond motifs is 2. The summed E-state index contributed by atoms with van der Waals surface area (Å²) in [5.74, 6) is 0.859. The van der Waals surface area contributed by atoms with Crippen molar-refractivity contribution >= 4 is 16.7 Å². The first-order valence-corrected chi connectivity index (χ1v) is 10.2. The van der Waals surface area contributed by atoms with Gasteiger partial charge in [-0.2, -0.15) is 0 Å². The van der Waals surface area contributed by atoms with Crippen molar-refractivity contribution in [3.8, 4) is 28.3 Å². The van der Waals surface area contributed by atoms with Crippen LogP contribution in [-0.4, -0.2) is 26.7 Å². The first-order valence-electron chi connectivity index (χ1n) is 10.2. The van der Waals surface area contributed by atoms with Crippen LogP contribution < -0.4 is 10.3 Å². The third-order valence-corrected chi connectivity index (χ3v) is 5.57. The van der Waals surface area contributed by atoms with Gasteiger partial charge in [0.1, 0.15) is 11.3 Å². The molecule has 0 saturated carbocycles. The van der Waals surface area contributed by atoms with Crippen LogP contribution in [0.3, 0.4) is 0 Å². The lowest BCUT2D eigenvalue weighted by Gasteiger charge is -2.04. The summed E-state index contributed by atoms with van der Waals surface area (Å²) in [6.07, 6.45) is 0.835. The Kier molecular flexibility index (Phi) is 4.39. The number of ether oxygens (including phenoxy) is 1. The Hall–Kier alpha value is -3.87. The highest BCUT2D eigenvalue weighted by atomic mass is 16.5. The van der Waals surface area contributed by atoms with Crippen molar-refractivity contribution in [3.63, 3.8) is 0 Å². The second kappa shape index (κ2) is 7.12. The maximum absolute atomic E-state index is 13.5. The molecule has 7 nitrogen and oxygen atoms in total. The van der Waals surface area contributed by atoms with Gasteiger partial charge in [0.25, 0.3) is 5.56 Å². The maximum atomic E-state index is 13.5. The molecule has 3 aromatic heterocycles. The van der Waals surface area contributed by atoms with Gasteiger partial charge < -0.3 is 9.15 Å². The van der Waals surface area contributed by atoms with E-state index in [-0.39, 0.29) is 11.4 Å². The number of benzene rings is 2. The van der Waals surface area contributed by atoms with E-state index in [1.165, 1.54) is 4.52 Å². The summed E-state index contributed by atoms with van der Waals surface area (Å²) in [7, 11) is 1.60. The largest absolute Gasteiger partial charge is 0.494 e. The average molecular weight is 414 g/mol. The van der Waals surface area contributed by atoms with Crippen LogP contribution >= 0.6 is 0 Å². The fourth-order valence-corrected chi connectivity index (χ4v) is 4.01. The molecule has 0 spiro atoms. The number of aryl methyl sites for hydroxylation is 3. The summed E-state index contributed by atoms with van der Waals surface area (Å²) in [6.45, 7) is 5.80. The quantitative estimate of drug-likeness (QED) is 0.461. The van der Waals surface area contributed by atoms with E-state index in [0.717, 1.165) is 28.8 Å². The highest BCUT2D eigenvalue weighted by molar-refractivity contribution is 5.84. The third-order valence-electron chi connectivity index (χ3n) is 5.57. The van der Waals surface area contributed by atoms with Gasteiger partial charge in [-0.05, 0) is 43.5 Å². The molecule has 0 aliphatic heterocycles. The summed E-state index contributed by atoms with van der Waals surface area (Å²) < 4.78 is 13.0. The average Bonchev–Trinajstić information content (AvgIpc) is 3.34. The van der Waals surface area contributed by atoms with Crippen LogP contribution in [0, 0.1) is 13.8 Å². The van der Waals surface area contributed by atoms with Gasteiger partial charge in [0.15, 0.2) is 16.7 Å². The lowest BCUT2D eigenvalue weighted by atomic mass is 10.1. The SMILES string of the molecule is CCc1cc(OC)c2nc(-c3c(C)nc4c(-c5ccccc5)c(C)[nH]n4c3=O)oc2c1. The van der Waals surface area contributed by atoms with Crippen LogP contribution in [-0.2, 0) is 6.42 Å². The van der Waals surface area contributed by atoms with Gasteiger partial charge in [-0.1, -0.05) is 37.3 Å². The van der Waals surface area contributed by atoms with E-state index in [4.69, 9.17) is 14.1 Å². The molecule has 7 heteroatoms. The van der Waals surface area contributed by atoms with Crippen LogP contribution in [0.2, 0.25) is 0 Å². The van der Waals surface area contributed by atoms with Gasteiger partial charge >= 0.3 is 0 Å². The number of hydrogen-bond donors (Lipinski definition) is 1. The normalized spacial score (nSPS) is 11.5. The Bertz CT molecular complexity index is 1490. The van der Waals surface area contributed by atoms with Crippen molar-refractivity contribution < 1.29 is 9.15 Å². The van der Waals surface area contributed by atoms with E-state index in [1.54, 1.807) is 14.0 Å². The lowest BCUT2D eigenvalue weighted by molar-refractivity contribution is 0.418. The van der Waals surface area contributed by atoms with Crippen LogP contribution in [0.4, 0.5) is 0 Å². The van der Waals surface area contributed by atoms with E-state index in [2.05, 4.69) is 17.0 Å². The molecule has 5 rings (SSSR count).